The van der Waals surface area contributed by atoms with Gasteiger partial charge in [0.15, 0.2) is 11.5 Å². The third-order valence-corrected chi connectivity index (χ3v) is 6.55. The van der Waals surface area contributed by atoms with Crippen LogP contribution in [0.1, 0.15) is 27.7 Å². The SMILES string of the molecule is COc1ccc2[nH]cc(CCN3C(=O)C(O)=C(C(=O)c4ccco4)[C@@H]3c3cccc(Br)c3)c2c1. The van der Waals surface area contributed by atoms with Gasteiger partial charge < -0.3 is 24.1 Å². The van der Waals surface area contributed by atoms with E-state index in [0.29, 0.717) is 18.5 Å². The molecule has 0 fully saturated rings. The Morgan fingerprint density at radius 3 is 2.79 bits per heavy atom. The van der Waals surface area contributed by atoms with E-state index in [2.05, 4.69) is 20.9 Å². The summed E-state index contributed by atoms with van der Waals surface area (Å²) in [6.07, 6.45) is 3.80. The molecule has 0 saturated carbocycles. The number of aliphatic hydroxyl groups excluding tert-OH is 1. The number of methoxy groups -OCH3 is 1. The Balaban J connectivity index is 1.51. The molecule has 8 heteroatoms. The van der Waals surface area contributed by atoms with Crippen LogP contribution in [0.15, 0.2) is 87.3 Å². The predicted octanol–water partition coefficient (Wildman–Crippen LogP) is 5.35. The lowest BCUT2D eigenvalue weighted by Gasteiger charge is -2.27. The highest BCUT2D eigenvalue weighted by atomic mass is 79.9. The number of Topliss-reactive ketones (excluding diaryl/α,β-unsaturated/α-hetero) is 1. The molecular formula is C26H21BrN2O5. The van der Waals surface area contributed by atoms with Gasteiger partial charge in [-0.2, -0.15) is 0 Å². The van der Waals surface area contributed by atoms with Gasteiger partial charge >= 0.3 is 0 Å². The number of aromatic nitrogens is 1. The molecule has 0 bridgehead atoms. The molecule has 172 valence electrons. The van der Waals surface area contributed by atoms with E-state index < -0.39 is 23.5 Å². The fourth-order valence-corrected chi connectivity index (χ4v) is 4.83. The van der Waals surface area contributed by atoms with Crippen molar-refractivity contribution >= 4 is 38.5 Å². The van der Waals surface area contributed by atoms with E-state index in [0.717, 1.165) is 26.7 Å². The van der Waals surface area contributed by atoms with E-state index in [1.165, 1.54) is 17.2 Å². The number of H-pyrrole nitrogens is 1. The minimum atomic E-state index is -0.748. The number of nitrogens with zero attached hydrogens (tertiary/aromatic N) is 1. The number of furan rings is 1. The molecular weight excluding hydrogens is 500 g/mol. The van der Waals surface area contributed by atoms with E-state index in [9.17, 15) is 14.7 Å². The first-order valence-corrected chi connectivity index (χ1v) is 11.5. The molecule has 1 amide bonds. The van der Waals surface area contributed by atoms with Gasteiger partial charge in [0.25, 0.3) is 5.91 Å². The van der Waals surface area contributed by atoms with Crippen molar-refractivity contribution in [1.29, 1.82) is 0 Å². The van der Waals surface area contributed by atoms with Crippen molar-refractivity contribution in [3.63, 3.8) is 0 Å². The van der Waals surface area contributed by atoms with Crippen molar-refractivity contribution in [1.82, 2.24) is 9.88 Å². The molecule has 4 aromatic rings. The zero-order valence-electron chi connectivity index (χ0n) is 18.2. The average molecular weight is 521 g/mol. The zero-order valence-corrected chi connectivity index (χ0v) is 19.8. The second kappa shape index (κ2) is 8.87. The third-order valence-electron chi connectivity index (χ3n) is 6.05. The van der Waals surface area contributed by atoms with E-state index in [1.54, 1.807) is 13.2 Å². The van der Waals surface area contributed by atoms with Gasteiger partial charge in [-0.05, 0) is 60.0 Å². The van der Waals surface area contributed by atoms with Gasteiger partial charge in [-0.25, -0.2) is 0 Å². The first kappa shape index (κ1) is 22.0. The second-order valence-electron chi connectivity index (χ2n) is 8.00. The largest absolute Gasteiger partial charge is 0.503 e. The molecule has 0 saturated heterocycles. The number of carbonyl (C=O) groups excluding carboxylic acids is 2. The molecule has 7 nitrogen and oxygen atoms in total. The minimum absolute atomic E-state index is 0.0126. The molecule has 2 aromatic carbocycles. The summed E-state index contributed by atoms with van der Waals surface area (Å²) in [6, 6.07) is 15.5. The molecule has 0 radical (unpaired) electrons. The van der Waals surface area contributed by atoms with Crippen LogP contribution in [-0.4, -0.2) is 40.3 Å². The number of carbonyl (C=O) groups is 2. The maximum Gasteiger partial charge on any atom is 0.290 e. The number of benzene rings is 2. The Morgan fingerprint density at radius 2 is 2.06 bits per heavy atom. The molecule has 2 aromatic heterocycles. The van der Waals surface area contributed by atoms with Crippen LogP contribution in [0.2, 0.25) is 0 Å². The van der Waals surface area contributed by atoms with Gasteiger partial charge in [-0.1, -0.05) is 28.1 Å². The number of hydrogen-bond acceptors (Lipinski definition) is 5. The number of hydrogen-bond donors (Lipinski definition) is 2. The van der Waals surface area contributed by atoms with E-state index in [-0.39, 0.29) is 11.3 Å². The number of nitrogens with one attached hydrogen (secondary N) is 1. The lowest BCUT2D eigenvalue weighted by molar-refractivity contribution is -0.129. The first-order valence-electron chi connectivity index (χ1n) is 10.7. The predicted molar refractivity (Wildman–Crippen MR) is 130 cm³/mol. The van der Waals surface area contributed by atoms with Crippen molar-refractivity contribution in [2.45, 2.75) is 12.5 Å². The van der Waals surface area contributed by atoms with Crippen LogP contribution >= 0.6 is 15.9 Å². The van der Waals surface area contributed by atoms with Crippen molar-refractivity contribution in [2.24, 2.45) is 0 Å². The molecule has 0 aliphatic carbocycles. The number of amides is 1. The minimum Gasteiger partial charge on any atom is -0.503 e. The first-order chi connectivity index (χ1) is 16.5. The number of ether oxygens (including phenoxy) is 1. The highest BCUT2D eigenvalue weighted by Gasteiger charge is 2.44. The molecule has 1 aliphatic heterocycles. The second-order valence-corrected chi connectivity index (χ2v) is 8.92. The summed E-state index contributed by atoms with van der Waals surface area (Å²) in [4.78, 5) is 31.2. The molecule has 3 heterocycles. The molecule has 0 spiro atoms. The smallest absolute Gasteiger partial charge is 0.290 e. The molecule has 1 atom stereocenters. The molecule has 2 N–H and O–H groups in total. The Bertz CT molecular complexity index is 1420. The molecule has 0 unspecified atom stereocenters. The van der Waals surface area contributed by atoms with Crippen LogP contribution in [0.3, 0.4) is 0 Å². The summed E-state index contributed by atoms with van der Waals surface area (Å²) in [5.41, 5.74) is 2.68. The van der Waals surface area contributed by atoms with Crippen LogP contribution in [-0.2, 0) is 11.2 Å². The molecule has 1 aliphatic rings. The topological polar surface area (TPSA) is 95.8 Å². The van der Waals surface area contributed by atoms with E-state index in [1.807, 2.05) is 48.7 Å². The number of ketones is 1. The number of aliphatic hydroxyl groups is 1. The molecule has 34 heavy (non-hydrogen) atoms. The van der Waals surface area contributed by atoms with Crippen molar-refractivity contribution < 1.29 is 23.8 Å². The molecule has 5 rings (SSSR count). The normalized spacial score (nSPS) is 16.0. The third kappa shape index (κ3) is 3.80. The standard InChI is InChI=1S/C26H21BrN2O5/c1-33-18-7-8-20-19(13-18)16(14-28-20)9-10-29-23(15-4-2-5-17(27)12-15)22(25(31)26(29)32)24(30)21-6-3-11-34-21/h2-8,11-14,23,28,31H,9-10H2,1H3/t23-/m0/s1. The van der Waals surface area contributed by atoms with Crippen LogP contribution in [0.25, 0.3) is 10.9 Å². The Labute approximate surface area is 203 Å². The van der Waals surface area contributed by atoms with Crippen LogP contribution < -0.4 is 4.74 Å². The van der Waals surface area contributed by atoms with Crippen molar-refractivity contribution in [3.8, 4) is 5.75 Å². The zero-order chi connectivity index (χ0) is 23.8. The van der Waals surface area contributed by atoms with Gasteiger partial charge in [-0.3, -0.25) is 9.59 Å². The summed E-state index contributed by atoms with van der Waals surface area (Å²) in [6.45, 7) is 0.291. The summed E-state index contributed by atoms with van der Waals surface area (Å²) < 4.78 is 11.4. The monoisotopic (exact) mass is 520 g/mol. The highest BCUT2D eigenvalue weighted by Crippen LogP contribution is 2.40. The number of rotatable bonds is 7. The Morgan fingerprint density at radius 1 is 1.21 bits per heavy atom. The quantitative estimate of drug-likeness (QED) is 0.320. The van der Waals surface area contributed by atoms with Gasteiger partial charge in [0.2, 0.25) is 5.78 Å². The van der Waals surface area contributed by atoms with Crippen molar-refractivity contribution in [2.75, 3.05) is 13.7 Å². The lowest BCUT2D eigenvalue weighted by Crippen LogP contribution is -2.33. The van der Waals surface area contributed by atoms with Crippen LogP contribution in [0, 0.1) is 0 Å². The van der Waals surface area contributed by atoms with Gasteiger partial charge in [0, 0.05) is 28.1 Å². The van der Waals surface area contributed by atoms with Crippen LogP contribution in [0.5, 0.6) is 5.75 Å². The highest BCUT2D eigenvalue weighted by molar-refractivity contribution is 9.10. The van der Waals surface area contributed by atoms with Gasteiger partial charge in [-0.15, -0.1) is 0 Å². The van der Waals surface area contributed by atoms with E-state index in [4.69, 9.17) is 9.15 Å². The van der Waals surface area contributed by atoms with Crippen LogP contribution in [0.4, 0.5) is 0 Å². The Hall–Kier alpha value is -3.78. The van der Waals surface area contributed by atoms with Gasteiger partial charge in [0.1, 0.15) is 5.75 Å². The summed E-state index contributed by atoms with van der Waals surface area (Å²) in [5, 5.41) is 11.8. The Kier molecular flexibility index (Phi) is 5.75. The van der Waals surface area contributed by atoms with Gasteiger partial charge in [0.05, 0.1) is 25.0 Å². The maximum absolute atomic E-state index is 13.2. The summed E-state index contributed by atoms with van der Waals surface area (Å²) >= 11 is 3.46. The van der Waals surface area contributed by atoms with E-state index >= 15 is 0 Å². The number of halogens is 1. The lowest BCUT2D eigenvalue weighted by atomic mass is 9.95. The summed E-state index contributed by atoms with van der Waals surface area (Å²) in [5.74, 6) is -0.840. The average Bonchev–Trinajstić information content (AvgIpc) is 3.57. The number of fused-ring (bicyclic) bond motifs is 1. The maximum atomic E-state index is 13.2. The number of aromatic amines is 1. The fourth-order valence-electron chi connectivity index (χ4n) is 4.41. The fraction of sp³-hybridized carbons (Fsp3) is 0.154. The summed E-state index contributed by atoms with van der Waals surface area (Å²) in [7, 11) is 1.62. The van der Waals surface area contributed by atoms with Crippen molar-refractivity contribution in [3.05, 3.63) is 99.7 Å².